The van der Waals surface area contributed by atoms with E-state index < -0.39 is 38.8 Å². The summed E-state index contributed by atoms with van der Waals surface area (Å²) < 4.78 is 42.0. The second-order valence-electron chi connectivity index (χ2n) is 10.3. The Hall–Kier alpha value is -2.75. The molecule has 0 spiro atoms. The maximum atomic E-state index is 13.4. The Kier molecular flexibility index (Phi) is 12.4. The zero-order valence-corrected chi connectivity index (χ0v) is 26.0. The number of aryl methyl sites for hydroxylation is 1. The highest BCUT2D eigenvalue weighted by Crippen LogP contribution is 2.50. The van der Waals surface area contributed by atoms with Gasteiger partial charge in [0.1, 0.15) is 24.6 Å². The topological polar surface area (TPSA) is 118 Å². The average Bonchev–Trinajstić information content (AvgIpc) is 3.31. The number of hydrogen-bond donors (Lipinski definition) is 1. The highest BCUT2D eigenvalue weighted by Gasteiger charge is 2.48. The number of methoxy groups -OCH3 is 1. The van der Waals surface area contributed by atoms with Gasteiger partial charge in [-0.3, -0.25) is 9.36 Å². The second-order valence-corrected chi connectivity index (χ2v) is 11.7. The van der Waals surface area contributed by atoms with Crippen LogP contribution in [0.4, 0.5) is 5.82 Å². The molecule has 0 bridgehead atoms. The molecule has 0 saturated carbocycles. The quantitative estimate of drug-likeness (QED) is 0.179. The van der Waals surface area contributed by atoms with E-state index in [2.05, 4.69) is 19.8 Å². The summed E-state index contributed by atoms with van der Waals surface area (Å²) in [5, 5.41) is 2.70. The minimum Gasteiger partial charge on any atom is -0.382 e. The minimum absolute atomic E-state index is 0.0626. The first-order valence-electron chi connectivity index (χ1n) is 14.6. The van der Waals surface area contributed by atoms with Crippen LogP contribution >= 0.6 is 8.53 Å². The average molecular weight is 605 g/mol. The summed E-state index contributed by atoms with van der Waals surface area (Å²) in [4.78, 5) is 33.6. The van der Waals surface area contributed by atoms with Crippen molar-refractivity contribution >= 4 is 20.3 Å². The fourth-order valence-corrected chi connectivity index (χ4v) is 6.30. The number of amides is 1. The van der Waals surface area contributed by atoms with Gasteiger partial charge in [0.05, 0.1) is 19.3 Å². The number of nitrogens with zero attached hydrogens (tertiary/aromatic N) is 4. The summed E-state index contributed by atoms with van der Waals surface area (Å²) in [6, 6.07) is 8.77. The van der Waals surface area contributed by atoms with E-state index in [0.29, 0.717) is 17.7 Å². The Bertz CT molecular complexity index is 1270. The molecule has 2 aromatic rings. The van der Waals surface area contributed by atoms with Crippen molar-refractivity contribution in [2.24, 2.45) is 0 Å². The maximum Gasteiger partial charge on any atom is 0.351 e. The number of hydrogen-bond acceptors (Lipinski definition) is 9. The van der Waals surface area contributed by atoms with Crippen LogP contribution in [0.2, 0.25) is 0 Å². The Morgan fingerprint density at radius 1 is 1.21 bits per heavy atom. The van der Waals surface area contributed by atoms with E-state index in [1.54, 1.807) is 50.6 Å². The molecule has 230 valence electrons. The third-order valence-electron chi connectivity index (χ3n) is 6.42. The van der Waals surface area contributed by atoms with E-state index in [9.17, 15) is 9.59 Å². The lowest BCUT2D eigenvalue weighted by Crippen LogP contribution is -2.41. The van der Waals surface area contributed by atoms with Gasteiger partial charge in [-0.15, -0.1) is 0 Å². The van der Waals surface area contributed by atoms with Gasteiger partial charge in [0.15, 0.2) is 6.23 Å². The molecule has 1 aromatic carbocycles. The Balaban J connectivity index is 1.95. The minimum atomic E-state index is -1.68. The summed E-state index contributed by atoms with van der Waals surface area (Å²) in [6.07, 6.45) is -1.76. The number of nitrogens with one attached hydrogen (secondary N) is 1. The van der Waals surface area contributed by atoms with Gasteiger partial charge in [0.2, 0.25) is 6.54 Å². The number of benzene rings is 1. The normalized spacial score (nSPS) is 21.5. The molecule has 3 unspecified atom stereocenters. The summed E-state index contributed by atoms with van der Waals surface area (Å²) >= 11 is 0. The van der Waals surface area contributed by atoms with Crippen molar-refractivity contribution in [3.05, 3.63) is 69.6 Å². The van der Waals surface area contributed by atoms with Crippen LogP contribution in [0.5, 0.6) is 0 Å². The highest BCUT2D eigenvalue weighted by atomic mass is 31.2. The largest absolute Gasteiger partial charge is 0.382 e. The maximum absolute atomic E-state index is 13.4. The standard InChI is InChI=1S/C29H42N5O7P/c1-19(2)34(20(3)4)42(39-15-14-30-7)41-24-22(6)40-28(25(24)38-17-16-37-8)33-18-21(5)26(32-29(33)36)31-27(35)23-12-10-9-11-13-23/h9-13,18-20,22,24-25,28H,14-17H2,1-6,8H3,(H,31,32,35,36)/t22-,24?,25?,28-,42?/m1/s1/i6D. The van der Waals surface area contributed by atoms with Crippen LogP contribution in [-0.2, 0) is 23.3 Å². The SMILES string of the molecule is [2H]C[C@H]1O[C@@H](n2cc(C)c(NC(=O)c3ccccc3)nc2=O)C(OCCOC)C1OP(OCC[N+]#[C-])N(C(C)C)C(C)C. The fourth-order valence-electron chi connectivity index (χ4n) is 4.54. The summed E-state index contributed by atoms with van der Waals surface area (Å²) in [7, 11) is -0.121. The van der Waals surface area contributed by atoms with Crippen LogP contribution in [0.1, 0.15) is 58.1 Å². The fraction of sp³-hybridized carbons (Fsp3) is 0.586. The van der Waals surface area contributed by atoms with Gasteiger partial charge in [-0.2, -0.15) is 4.98 Å². The third kappa shape index (κ3) is 8.64. The molecule has 0 aliphatic carbocycles. The predicted molar refractivity (Wildman–Crippen MR) is 160 cm³/mol. The number of carbonyl (C=O) groups excluding carboxylic acids is 1. The van der Waals surface area contributed by atoms with E-state index in [-0.39, 0.29) is 50.5 Å². The van der Waals surface area contributed by atoms with Crippen molar-refractivity contribution in [3.63, 3.8) is 0 Å². The first kappa shape index (κ1) is 32.2. The van der Waals surface area contributed by atoms with Crippen molar-refractivity contribution in [3.8, 4) is 0 Å². The van der Waals surface area contributed by atoms with Crippen LogP contribution in [0.15, 0.2) is 41.3 Å². The van der Waals surface area contributed by atoms with Gasteiger partial charge < -0.3 is 33.4 Å². The summed E-state index contributed by atoms with van der Waals surface area (Å²) in [5.41, 5.74) is 0.305. The Morgan fingerprint density at radius 3 is 2.55 bits per heavy atom. The molecule has 1 N–H and O–H groups in total. The van der Waals surface area contributed by atoms with E-state index in [1.807, 2.05) is 27.7 Å². The lowest BCUT2D eigenvalue weighted by molar-refractivity contribution is -0.0775. The highest BCUT2D eigenvalue weighted by molar-refractivity contribution is 7.44. The zero-order valence-electron chi connectivity index (χ0n) is 26.1. The number of rotatable bonds is 15. The van der Waals surface area contributed by atoms with E-state index in [1.165, 1.54) is 4.57 Å². The van der Waals surface area contributed by atoms with Crippen molar-refractivity contribution in [2.75, 3.05) is 38.8 Å². The molecule has 42 heavy (non-hydrogen) atoms. The first-order chi connectivity index (χ1) is 20.6. The molecule has 2 heterocycles. The molecule has 5 atom stereocenters. The molecule has 1 amide bonds. The number of anilines is 1. The molecule has 1 aromatic heterocycles. The van der Waals surface area contributed by atoms with Gasteiger partial charge in [-0.25, -0.2) is 16.0 Å². The molecule has 1 aliphatic heterocycles. The Labute approximate surface area is 250 Å². The van der Waals surface area contributed by atoms with Gasteiger partial charge >= 0.3 is 5.69 Å². The van der Waals surface area contributed by atoms with Crippen LogP contribution < -0.4 is 11.0 Å². The van der Waals surface area contributed by atoms with Gasteiger partial charge in [-0.05, 0) is 53.7 Å². The molecule has 13 heteroatoms. The molecule has 3 rings (SSSR count). The molecule has 1 aliphatic rings. The molecule has 1 saturated heterocycles. The van der Waals surface area contributed by atoms with Crippen molar-refractivity contribution in [1.82, 2.24) is 14.2 Å². The zero-order chi connectivity index (χ0) is 31.5. The van der Waals surface area contributed by atoms with Crippen LogP contribution in [0, 0.1) is 13.5 Å². The van der Waals surface area contributed by atoms with Gasteiger partial charge in [0, 0.05) is 37.9 Å². The molecule has 12 nitrogen and oxygen atoms in total. The molecular weight excluding hydrogens is 561 g/mol. The second kappa shape index (κ2) is 16.2. The summed E-state index contributed by atoms with van der Waals surface area (Å²) in [6.45, 7) is 17.7. The van der Waals surface area contributed by atoms with Crippen molar-refractivity contribution < 1.29 is 29.4 Å². The lowest BCUT2D eigenvalue weighted by atomic mass is 10.1. The van der Waals surface area contributed by atoms with Crippen molar-refractivity contribution in [1.29, 1.82) is 0 Å². The Morgan fingerprint density at radius 2 is 1.93 bits per heavy atom. The predicted octanol–water partition coefficient (Wildman–Crippen LogP) is 4.42. The molecule has 0 radical (unpaired) electrons. The monoisotopic (exact) mass is 604 g/mol. The van der Waals surface area contributed by atoms with E-state index in [4.69, 9.17) is 31.2 Å². The summed E-state index contributed by atoms with van der Waals surface area (Å²) in [5.74, 6) is -0.253. The smallest absolute Gasteiger partial charge is 0.351 e. The number of ether oxygens (including phenoxy) is 3. The van der Waals surface area contributed by atoms with Gasteiger partial charge in [-0.1, -0.05) is 18.2 Å². The third-order valence-corrected chi connectivity index (χ3v) is 8.55. The molecule has 1 fully saturated rings. The van der Waals surface area contributed by atoms with Crippen LogP contribution in [-0.4, -0.2) is 84.0 Å². The number of aromatic nitrogens is 2. The van der Waals surface area contributed by atoms with E-state index in [0.717, 1.165) is 0 Å². The van der Waals surface area contributed by atoms with Crippen LogP contribution in [0.3, 0.4) is 0 Å². The van der Waals surface area contributed by atoms with Crippen LogP contribution in [0.25, 0.3) is 4.85 Å². The van der Waals surface area contributed by atoms with E-state index >= 15 is 0 Å². The first-order valence-corrected chi connectivity index (χ1v) is 15.0. The molecular formula is C29H42N5O7P. The lowest BCUT2D eigenvalue weighted by Gasteiger charge is -2.37. The van der Waals surface area contributed by atoms with Crippen molar-refractivity contribution in [2.45, 2.75) is 78.1 Å². The van der Waals surface area contributed by atoms with Gasteiger partial charge in [0.25, 0.3) is 14.4 Å². The number of carbonyl (C=O) groups is 1.